The topological polar surface area (TPSA) is 57.9 Å². The molecule has 0 saturated carbocycles. The Kier molecular flexibility index (Phi) is 10.6. The number of unbranched alkanes of at least 4 members (excludes halogenated alkanes) is 3. The summed E-state index contributed by atoms with van der Waals surface area (Å²) in [6, 6.07) is 4.59. The van der Waals surface area contributed by atoms with E-state index in [9.17, 15) is 0 Å². The second-order valence-corrected chi connectivity index (χ2v) is 10.2. The van der Waals surface area contributed by atoms with Crippen molar-refractivity contribution in [3.05, 3.63) is 60.5 Å². The van der Waals surface area contributed by atoms with E-state index in [-0.39, 0.29) is 0 Å². The van der Waals surface area contributed by atoms with Gasteiger partial charge >= 0.3 is 0 Å². The minimum atomic E-state index is 0.335. The molecule has 2 aliphatic heterocycles. The zero-order valence-electron chi connectivity index (χ0n) is 23.8. The Hall–Kier alpha value is -2.90. The highest BCUT2D eigenvalue weighted by Crippen LogP contribution is 2.29. The highest BCUT2D eigenvalue weighted by atomic mass is 16.5. The maximum absolute atomic E-state index is 5.65. The van der Waals surface area contributed by atoms with Crippen molar-refractivity contribution in [1.29, 1.82) is 0 Å². The average Bonchev–Trinajstić information content (AvgIpc) is 3.60. The molecule has 0 aliphatic carbocycles. The number of nitrogens with one attached hydrogen (secondary N) is 1. The van der Waals surface area contributed by atoms with Gasteiger partial charge in [-0.1, -0.05) is 83.3 Å². The van der Waals surface area contributed by atoms with E-state index in [2.05, 4.69) is 90.9 Å². The molecule has 1 saturated heterocycles. The van der Waals surface area contributed by atoms with Gasteiger partial charge in [0, 0.05) is 43.0 Å². The number of hydrazine groups is 1. The minimum Gasteiger partial charge on any atom is -0.378 e. The third-order valence-electron chi connectivity index (χ3n) is 7.46. The number of allylic oxidation sites excluding steroid dienone is 6. The summed E-state index contributed by atoms with van der Waals surface area (Å²) in [7, 11) is 0. The van der Waals surface area contributed by atoms with Crippen LogP contribution < -0.4 is 15.3 Å². The third kappa shape index (κ3) is 6.94. The highest BCUT2D eigenvalue weighted by molar-refractivity contribution is 5.76. The van der Waals surface area contributed by atoms with E-state index in [1.165, 1.54) is 38.5 Å². The largest absolute Gasteiger partial charge is 0.378 e. The standard InChI is InChI=1S/C31H46N6O/c1-5-9-11-13-15-25(8-4)27-17-18-36(33-27)29-24-31(35-19-21-38-22-20-35)37-30(32-29)23-28(34-37)26(14-7-3)16-12-10-6-2/h7,10,12,14,16-18,23-25,27,33H,5-6,8-9,11,13,15,19-22H2,1-4H3/b12-10+,14-7-,26-16+. The quantitative estimate of drug-likeness (QED) is 0.235. The van der Waals surface area contributed by atoms with Crippen LogP contribution in [0, 0.1) is 5.92 Å². The molecule has 0 spiro atoms. The van der Waals surface area contributed by atoms with Crippen molar-refractivity contribution in [1.82, 2.24) is 20.0 Å². The lowest BCUT2D eigenvalue weighted by atomic mass is 9.91. The van der Waals surface area contributed by atoms with E-state index in [4.69, 9.17) is 14.8 Å². The summed E-state index contributed by atoms with van der Waals surface area (Å²) < 4.78 is 7.64. The van der Waals surface area contributed by atoms with Gasteiger partial charge in [0.2, 0.25) is 0 Å². The minimum absolute atomic E-state index is 0.335. The molecule has 7 heteroatoms. The fraction of sp³-hybridized carbons (Fsp3) is 0.548. The Balaban J connectivity index is 1.63. The van der Waals surface area contributed by atoms with Crippen LogP contribution in [0.15, 0.2) is 54.8 Å². The number of anilines is 2. The zero-order chi connectivity index (χ0) is 26.7. The second-order valence-electron chi connectivity index (χ2n) is 10.2. The van der Waals surface area contributed by atoms with Gasteiger partial charge in [-0.25, -0.2) is 10.4 Å². The van der Waals surface area contributed by atoms with Crippen molar-refractivity contribution in [2.24, 2.45) is 5.92 Å². The van der Waals surface area contributed by atoms with Gasteiger partial charge in [-0.2, -0.15) is 9.61 Å². The van der Waals surface area contributed by atoms with Gasteiger partial charge in [0.05, 0.1) is 18.9 Å². The van der Waals surface area contributed by atoms with E-state index in [1.54, 1.807) is 0 Å². The summed E-state index contributed by atoms with van der Waals surface area (Å²) in [5.74, 6) is 2.57. The molecule has 0 bridgehead atoms. The molecule has 7 nitrogen and oxygen atoms in total. The Morgan fingerprint density at radius 1 is 1.16 bits per heavy atom. The first-order valence-electron chi connectivity index (χ1n) is 14.7. The first kappa shape index (κ1) is 28.1. The molecule has 1 N–H and O–H groups in total. The molecule has 2 aromatic rings. The maximum Gasteiger partial charge on any atom is 0.160 e. The van der Waals surface area contributed by atoms with Gasteiger partial charge in [0.1, 0.15) is 5.82 Å². The number of morpholine rings is 1. The van der Waals surface area contributed by atoms with Crippen LogP contribution in [0.1, 0.15) is 78.3 Å². The third-order valence-corrected chi connectivity index (χ3v) is 7.46. The summed E-state index contributed by atoms with van der Waals surface area (Å²) >= 11 is 0. The molecule has 0 amide bonds. The fourth-order valence-corrected chi connectivity index (χ4v) is 5.24. The van der Waals surface area contributed by atoms with Crippen molar-refractivity contribution in [3.63, 3.8) is 0 Å². The number of rotatable bonds is 13. The molecule has 2 unspecified atom stereocenters. The van der Waals surface area contributed by atoms with E-state index >= 15 is 0 Å². The predicted molar refractivity (Wildman–Crippen MR) is 159 cm³/mol. The normalized spacial score (nSPS) is 19.6. The summed E-state index contributed by atoms with van der Waals surface area (Å²) in [5.41, 5.74) is 6.57. The smallest absolute Gasteiger partial charge is 0.160 e. The number of nitrogens with zero attached hydrogens (tertiary/aromatic N) is 5. The maximum atomic E-state index is 5.65. The number of fused-ring (bicyclic) bond motifs is 1. The second kappa shape index (κ2) is 14.3. The zero-order valence-corrected chi connectivity index (χ0v) is 23.8. The van der Waals surface area contributed by atoms with Gasteiger partial charge in [-0.05, 0) is 31.8 Å². The van der Waals surface area contributed by atoms with Crippen LogP contribution in [0.2, 0.25) is 0 Å². The molecule has 0 radical (unpaired) electrons. The molecule has 206 valence electrons. The highest BCUT2D eigenvalue weighted by Gasteiger charge is 2.26. The van der Waals surface area contributed by atoms with Crippen LogP contribution in [0.25, 0.3) is 11.2 Å². The van der Waals surface area contributed by atoms with Crippen molar-refractivity contribution in [2.45, 2.75) is 78.7 Å². The van der Waals surface area contributed by atoms with Crippen molar-refractivity contribution < 1.29 is 4.74 Å². The lowest BCUT2D eigenvalue weighted by molar-refractivity contribution is 0.122. The molecule has 38 heavy (non-hydrogen) atoms. The molecule has 0 aromatic carbocycles. The van der Waals surface area contributed by atoms with E-state index in [0.29, 0.717) is 12.0 Å². The first-order valence-corrected chi connectivity index (χ1v) is 14.7. The van der Waals surface area contributed by atoms with Crippen LogP contribution in [0.5, 0.6) is 0 Å². The number of hydrogen-bond donors (Lipinski definition) is 1. The average molecular weight is 519 g/mol. The van der Waals surface area contributed by atoms with Gasteiger partial charge in [0.25, 0.3) is 0 Å². The summed E-state index contributed by atoms with van der Waals surface area (Å²) in [5, 5.41) is 7.12. The lowest BCUT2D eigenvalue weighted by Gasteiger charge is -2.30. The summed E-state index contributed by atoms with van der Waals surface area (Å²) in [6.45, 7) is 11.9. The first-order chi connectivity index (χ1) is 18.7. The molecule has 4 heterocycles. The summed E-state index contributed by atoms with van der Waals surface area (Å²) in [6.07, 6.45) is 23.7. The lowest BCUT2D eigenvalue weighted by Crippen LogP contribution is -2.40. The molecule has 2 atom stereocenters. The Morgan fingerprint density at radius 3 is 2.74 bits per heavy atom. The van der Waals surface area contributed by atoms with E-state index < -0.39 is 0 Å². The Morgan fingerprint density at radius 2 is 2.00 bits per heavy atom. The number of hydrogen-bond acceptors (Lipinski definition) is 6. The van der Waals surface area contributed by atoms with Crippen LogP contribution >= 0.6 is 0 Å². The number of ether oxygens (including phenoxy) is 1. The van der Waals surface area contributed by atoms with Crippen LogP contribution in [0.3, 0.4) is 0 Å². The summed E-state index contributed by atoms with van der Waals surface area (Å²) in [4.78, 5) is 7.42. The predicted octanol–water partition coefficient (Wildman–Crippen LogP) is 6.70. The molecular weight excluding hydrogens is 472 g/mol. The van der Waals surface area contributed by atoms with Gasteiger partial charge in [-0.15, -0.1) is 0 Å². The monoisotopic (exact) mass is 518 g/mol. The van der Waals surface area contributed by atoms with E-state index in [0.717, 1.165) is 61.3 Å². The molecule has 2 aromatic heterocycles. The Bertz CT molecular complexity index is 1140. The number of aromatic nitrogens is 3. The molecule has 1 fully saturated rings. The molecule has 2 aliphatic rings. The van der Waals surface area contributed by atoms with Gasteiger partial charge in [-0.3, -0.25) is 5.01 Å². The van der Waals surface area contributed by atoms with Crippen LogP contribution in [-0.4, -0.2) is 46.9 Å². The van der Waals surface area contributed by atoms with Crippen molar-refractivity contribution in [2.75, 3.05) is 36.2 Å². The van der Waals surface area contributed by atoms with Crippen LogP contribution in [-0.2, 0) is 4.74 Å². The Labute approximate surface area is 228 Å². The molecule has 4 rings (SSSR count). The fourth-order valence-electron chi connectivity index (χ4n) is 5.24. The van der Waals surface area contributed by atoms with Crippen LogP contribution in [0.4, 0.5) is 11.6 Å². The van der Waals surface area contributed by atoms with Crippen molar-refractivity contribution >= 4 is 22.9 Å². The van der Waals surface area contributed by atoms with E-state index in [1.807, 2.05) is 11.4 Å². The van der Waals surface area contributed by atoms with Gasteiger partial charge in [0.15, 0.2) is 11.5 Å². The van der Waals surface area contributed by atoms with Crippen molar-refractivity contribution in [3.8, 4) is 0 Å². The van der Waals surface area contributed by atoms with Gasteiger partial charge < -0.3 is 9.64 Å². The molecular formula is C31H46N6O. The SMILES string of the molecule is C\C=C/C(=C\C=C\CC)c1cc2nc(N3C=CC(C(CC)CCCCCC)N3)cc(N3CCOCC3)n2n1.